The minimum absolute atomic E-state index is 0.0415. The molecule has 1 aliphatic rings. The zero-order valence-electron chi connectivity index (χ0n) is 19.7. The summed E-state index contributed by atoms with van der Waals surface area (Å²) in [5.41, 5.74) is -0.0170. The first kappa shape index (κ1) is 25.1. The van der Waals surface area contributed by atoms with Crippen LogP contribution in [-0.2, 0) is 4.79 Å². The monoisotopic (exact) mass is 498 g/mol. The molecule has 1 aliphatic heterocycles. The second-order valence-electron chi connectivity index (χ2n) is 8.89. The van der Waals surface area contributed by atoms with E-state index in [0.29, 0.717) is 16.9 Å². The van der Waals surface area contributed by atoms with Gasteiger partial charge in [0.2, 0.25) is 5.91 Å². The van der Waals surface area contributed by atoms with E-state index < -0.39 is 34.6 Å². The van der Waals surface area contributed by atoms with E-state index in [1.54, 1.807) is 37.3 Å². The molecular formula is C26H25F3N4O3. The van der Waals surface area contributed by atoms with Crippen LogP contribution in [-0.4, -0.2) is 47.1 Å². The molecule has 0 aromatic heterocycles. The molecule has 0 spiro atoms. The van der Waals surface area contributed by atoms with Crippen molar-refractivity contribution in [3.05, 3.63) is 83.2 Å². The van der Waals surface area contributed by atoms with Crippen molar-refractivity contribution in [3.8, 4) is 0 Å². The average molecular weight is 499 g/mol. The average Bonchev–Trinajstić information content (AvgIpc) is 2.80. The highest BCUT2D eigenvalue weighted by Crippen LogP contribution is 2.32. The molecule has 0 aliphatic carbocycles. The van der Waals surface area contributed by atoms with E-state index >= 15 is 0 Å². The molecule has 3 aromatic carbocycles. The summed E-state index contributed by atoms with van der Waals surface area (Å²) in [6.07, 6.45) is 0. The Labute approximate surface area is 205 Å². The lowest BCUT2D eigenvalue weighted by molar-refractivity contribution is -0.114. The standard InChI is InChI=1S/C26H25F3N4O3/c1-15-3-10-22(21(28)11-15)32-24-19(8-9-20(27)23(24)29)25(35)33-13-26(36,14-33)12-30-17-4-6-18(7-5-17)31-16(2)34/h3-11,30,32,36H,12-14H2,1-2H3,(H,31,34). The number of carbonyl (C=O) groups is 2. The van der Waals surface area contributed by atoms with Crippen LogP contribution in [0, 0.1) is 24.4 Å². The van der Waals surface area contributed by atoms with Crippen LogP contribution in [0.15, 0.2) is 54.6 Å². The van der Waals surface area contributed by atoms with Crippen molar-refractivity contribution in [2.24, 2.45) is 0 Å². The third-order valence-electron chi connectivity index (χ3n) is 5.79. The number of halogens is 3. The van der Waals surface area contributed by atoms with Gasteiger partial charge in [-0.1, -0.05) is 6.07 Å². The maximum absolute atomic E-state index is 14.7. The van der Waals surface area contributed by atoms with Crippen molar-refractivity contribution in [2.75, 3.05) is 35.6 Å². The Balaban J connectivity index is 1.43. The van der Waals surface area contributed by atoms with E-state index in [1.165, 1.54) is 24.0 Å². The third-order valence-corrected chi connectivity index (χ3v) is 5.79. The molecule has 1 saturated heterocycles. The number of β-amino-alcohol motifs (C(OH)–C–C–N with tert-alkyl or cyclic N) is 1. The lowest BCUT2D eigenvalue weighted by Crippen LogP contribution is -2.66. The fourth-order valence-electron chi connectivity index (χ4n) is 3.94. The normalized spacial score (nSPS) is 14.1. The lowest BCUT2D eigenvalue weighted by atomic mass is 9.92. The largest absolute Gasteiger partial charge is 0.384 e. The molecule has 36 heavy (non-hydrogen) atoms. The van der Waals surface area contributed by atoms with Crippen molar-refractivity contribution < 1.29 is 27.9 Å². The quantitative estimate of drug-likeness (QED) is 0.387. The van der Waals surface area contributed by atoms with Gasteiger partial charge in [0.05, 0.1) is 30.0 Å². The van der Waals surface area contributed by atoms with E-state index in [1.807, 2.05) is 0 Å². The number of aryl methyl sites for hydroxylation is 1. The molecule has 1 fully saturated rings. The summed E-state index contributed by atoms with van der Waals surface area (Å²) >= 11 is 0. The maximum Gasteiger partial charge on any atom is 0.256 e. The summed E-state index contributed by atoms with van der Waals surface area (Å²) in [5.74, 6) is -3.98. The molecule has 7 nitrogen and oxygen atoms in total. The van der Waals surface area contributed by atoms with Gasteiger partial charge in [-0.05, 0) is 61.0 Å². The first-order valence-electron chi connectivity index (χ1n) is 11.2. The minimum atomic E-state index is -1.30. The number of likely N-dealkylation sites (tertiary alicyclic amines) is 1. The van der Waals surface area contributed by atoms with Crippen LogP contribution in [0.4, 0.5) is 35.9 Å². The van der Waals surface area contributed by atoms with Gasteiger partial charge in [-0.15, -0.1) is 0 Å². The Morgan fingerprint density at radius 1 is 0.972 bits per heavy atom. The van der Waals surface area contributed by atoms with Crippen LogP contribution in [0.3, 0.4) is 0 Å². The van der Waals surface area contributed by atoms with Crippen molar-refractivity contribution in [1.82, 2.24) is 4.90 Å². The van der Waals surface area contributed by atoms with E-state index in [9.17, 15) is 27.9 Å². The highest BCUT2D eigenvalue weighted by Gasteiger charge is 2.44. The van der Waals surface area contributed by atoms with Crippen LogP contribution in [0.25, 0.3) is 0 Å². The number of hydrogen-bond donors (Lipinski definition) is 4. The van der Waals surface area contributed by atoms with E-state index in [0.717, 1.165) is 12.1 Å². The summed E-state index contributed by atoms with van der Waals surface area (Å²) in [6.45, 7) is 3.14. The SMILES string of the molecule is CC(=O)Nc1ccc(NCC2(O)CN(C(=O)c3ccc(F)c(F)c3Nc3ccc(C)cc3F)C2)cc1. The second kappa shape index (κ2) is 9.90. The predicted molar refractivity (Wildman–Crippen MR) is 131 cm³/mol. The van der Waals surface area contributed by atoms with E-state index in [2.05, 4.69) is 16.0 Å². The number of nitrogens with one attached hydrogen (secondary N) is 3. The number of benzene rings is 3. The Morgan fingerprint density at radius 2 is 1.64 bits per heavy atom. The molecule has 188 valence electrons. The molecule has 0 radical (unpaired) electrons. The van der Waals surface area contributed by atoms with Crippen LogP contribution in [0.1, 0.15) is 22.8 Å². The Bertz CT molecular complexity index is 1310. The van der Waals surface area contributed by atoms with Crippen LogP contribution in [0.5, 0.6) is 0 Å². The summed E-state index contributed by atoms with van der Waals surface area (Å²) in [6, 6.07) is 13.0. The third kappa shape index (κ3) is 5.44. The van der Waals surface area contributed by atoms with Crippen molar-refractivity contribution >= 4 is 34.6 Å². The molecule has 0 saturated carbocycles. The van der Waals surface area contributed by atoms with Gasteiger partial charge in [0.15, 0.2) is 11.6 Å². The van der Waals surface area contributed by atoms with Crippen molar-refractivity contribution in [2.45, 2.75) is 19.4 Å². The number of aliphatic hydroxyl groups is 1. The van der Waals surface area contributed by atoms with E-state index in [-0.39, 0.29) is 36.8 Å². The number of hydrogen-bond acceptors (Lipinski definition) is 5. The number of amides is 2. The first-order valence-corrected chi connectivity index (χ1v) is 11.2. The Morgan fingerprint density at radius 3 is 2.28 bits per heavy atom. The Kier molecular flexibility index (Phi) is 6.89. The molecule has 0 bridgehead atoms. The molecular weight excluding hydrogens is 473 g/mol. The summed E-state index contributed by atoms with van der Waals surface area (Å²) in [4.78, 5) is 25.5. The zero-order valence-corrected chi connectivity index (χ0v) is 19.7. The zero-order chi connectivity index (χ0) is 26.0. The van der Waals surface area contributed by atoms with Gasteiger partial charge in [-0.25, -0.2) is 13.2 Å². The number of nitrogens with zero attached hydrogens (tertiary/aromatic N) is 1. The molecule has 4 rings (SSSR count). The van der Waals surface area contributed by atoms with Crippen molar-refractivity contribution in [3.63, 3.8) is 0 Å². The van der Waals surface area contributed by atoms with E-state index in [4.69, 9.17) is 0 Å². The van der Waals surface area contributed by atoms with Gasteiger partial charge in [-0.2, -0.15) is 0 Å². The highest BCUT2D eigenvalue weighted by molar-refractivity contribution is 6.01. The maximum atomic E-state index is 14.7. The Hall–Kier alpha value is -4.05. The summed E-state index contributed by atoms with van der Waals surface area (Å²) in [7, 11) is 0. The van der Waals surface area contributed by atoms with Crippen LogP contribution >= 0.6 is 0 Å². The van der Waals surface area contributed by atoms with Gasteiger partial charge in [0, 0.05) is 24.8 Å². The smallest absolute Gasteiger partial charge is 0.256 e. The number of rotatable bonds is 7. The van der Waals surface area contributed by atoms with Gasteiger partial charge < -0.3 is 26.0 Å². The fourth-order valence-corrected chi connectivity index (χ4v) is 3.94. The fraction of sp³-hybridized carbons (Fsp3) is 0.231. The van der Waals surface area contributed by atoms with Gasteiger partial charge >= 0.3 is 0 Å². The van der Waals surface area contributed by atoms with Crippen LogP contribution in [0.2, 0.25) is 0 Å². The lowest BCUT2D eigenvalue weighted by Gasteiger charge is -2.46. The minimum Gasteiger partial charge on any atom is -0.384 e. The molecule has 4 N–H and O–H groups in total. The molecule has 2 amide bonds. The first-order chi connectivity index (χ1) is 17.0. The molecule has 10 heteroatoms. The van der Waals surface area contributed by atoms with Crippen LogP contribution < -0.4 is 16.0 Å². The van der Waals surface area contributed by atoms with Gasteiger partial charge in [0.25, 0.3) is 5.91 Å². The number of anilines is 4. The molecule has 3 aromatic rings. The predicted octanol–water partition coefficient (Wildman–Crippen LogP) is 4.41. The molecule has 0 unspecified atom stereocenters. The summed E-state index contributed by atoms with van der Waals surface area (Å²) in [5, 5.41) is 19.0. The number of carbonyl (C=O) groups excluding carboxylic acids is 2. The topological polar surface area (TPSA) is 93.7 Å². The van der Waals surface area contributed by atoms with Gasteiger partial charge in [0.1, 0.15) is 11.4 Å². The molecule has 0 atom stereocenters. The van der Waals surface area contributed by atoms with Gasteiger partial charge in [-0.3, -0.25) is 9.59 Å². The second-order valence-corrected chi connectivity index (χ2v) is 8.89. The molecule has 1 heterocycles. The van der Waals surface area contributed by atoms with Crippen molar-refractivity contribution in [1.29, 1.82) is 0 Å². The highest BCUT2D eigenvalue weighted by atomic mass is 19.2. The summed E-state index contributed by atoms with van der Waals surface area (Å²) < 4.78 is 42.9.